The first-order chi connectivity index (χ1) is 9.40. The minimum absolute atomic E-state index is 0.203. The van der Waals surface area contributed by atoms with Gasteiger partial charge >= 0.3 is 0 Å². The van der Waals surface area contributed by atoms with Crippen LogP contribution < -0.4 is 5.32 Å². The maximum Gasteiger partial charge on any atom is 0.0177 e. The fourth-order valence-electron chi connectivity index (χ4n) is 2.24. The highest BCUT2D eigenvalue weighted by molar-refractivity contribution is 9.10. The Morgan fingerprint density at radius 3 is 2.65 bits per heavy atom. The summed E-state index contributed by atoms with van der Waals surface area (Å²) in [7, 11) is 0. The summed E-state index contributed by atoms with van der Waals surface area (Å²) >= 11 is 5.52. The van der Waals surface area contributed by atoms with E-state index >= 15 is 0 Å². The minimum atomic E-state index is 0.203. The lowest BCUT2D eigenvalue weighted by Crippen LogP contribution is -2.39. The second kappa shape index (κ2) is 9.11. The van der Waals surface area contributed by atoms with Gasteiger partial charge in [-0.3, -0.25) is 0 Å². The van der Waals surface area contributed by atoms with E-state index in [2.05, 4.69) is 72.5 Å². The van der Waals surface area contributed by atoms with Crippen molar-refractivity contribution in [3.63, 3.8) is 0 Å². The first-order valence-electron chi connectivity index (χ1n) is 7.39. The molecule has 0 aliphatic heterocycles. The number of rotatable bonds is 8. The lowest BCUT2D eigenvalue weighted by molar-refractivity contribution is 0.355. The summed E-state index contributed by atoms with van der Waals surface area (Å²) < 4.78 is 1.18. The van der Waals surface area contributed by atoms with Crippen molar-refractivity contribution in [2.45, 2.75) is 45.6 Å². The van der Waals surface area contributed by atoms with E-state index < -0.39 is 0 Å². The number of benzene rings is 1. The molecule has 0 aliphatic carbocycles. The van der Waals surface area contributed by atoms with Crippen LogP contribution in [0.25, 0.3) is 0 Å². The van der Waals surface area contributed by atoms with E-state index in [-0.39, 0.29) is 5.54 Å². The molecule has 0 amide bonds. The molecule has 1 unspecified atom stereocenters. The first kappa shape index (κ1) is 18.1. The van der Waals surface area contributed by atoms with Gasteiger partial charge in [0.1, 0.15) is 0 Å². The van der Waals surface area contributed by atoms with Crippen molar-refractivity contribution >= 4 is 27.7 Å². The second-order valence-corrected chi connectivity index (χ2v) is 8.37. The molecule has 114 valence electrons. The third-order valence-corrected chi connectivity index (χ3v) is 4.49. The lowest BCUT2D eigenvalue weighted by Gasteiger charge is -2.25. The second-order valence-electron chi connectivity index (χ2n) is 6.47. The molecule has 1 N–H and O–H groups in total. The summed E-state index contributed by atoms with van der Waals surface area (Å²) in [4.78, 5) is 0. The van der Waals surface area contributed by atoms with Crippen molar-refractivity contribution < 1.29 is 0 Å². The largest absolute Gasteiger partial charge is 0.312 e. The molecule has 0 heterocycles. The molecule has 0 saturated carbocycles. The average molecular weight is 358 g/mol. The summed E-state index contributed by atoms with van der Waals surface area (Å²) in [6.07, 6.45) is 5.97. The van der Waals surface area contributed by atoms with Crippen molar-refractivity contribution in [3.05, 3.63) is 34.3 Å². The topological polar surface area (TPSA) is 12.0 Å². The molecule has 3 heteroatoms. The van der Waals surface area contributed by atoms with Crippen LogP contribution in [0, 0.1) is 5.92 Å². The van der Waals surface area contributed by atoms with Gasteiger partial charge in [0.05, 0.1) is 0 Å². The van der Waals surface area contributed by atoms with E-state index in [1.54, 1.807) is 0 Å². The van der Waals surface area contributed by atoms with Gasteiger partial charge in [0.15, 0.2) is 0 Å². The lowest BCUT2D eigenvalue weighted by atomic mass is 9.94. The van der Waals surface area contributed by atoms with Crippen LogP contribution >= 0.6 is 27.7 Å². The zero-order valence-corrected chi connectivity index (χ0v) is 15.6. The predicted molar refractivity (Wildman–Crippen MR) is 96.7 cm³/mol. The fraction of sp³-hybridized carbons (Fsp3) is 0.647. The first-order valence-corrected chi connectivity index (χ1v) is 9.58. The zero-order chi connectivity index (χ0) is 15.0. The minimum Gasteiger partial charge on any atom is -0.312 e. The van der Waals surface area contributed by atoms with Gasteiger partial charge < -0.3 is 5.32 Å². The van der Waals surface area contributed by atoms with Gasteiger partial charge in [-0.25, -0.2) is 0 Å². The molecule has 0 aromatic heterocycles. The van der Waals surface area contributed by atoms with Gasteiger partial charge in [0.2, 0.25) is 0 Å². The molecule has 0 saturated heterocycles. The third kappa shape index (κ3) is 8.33. The molecule has 1 aromatic rings. The van der Waals surface area contributed by atoms with Crippen molar-refractivity contribution in [2.24, 2.45) is 5.92 Å². The Morgan fingerprint density at radius 1 is 1.30 bits per heavy atom. The summed E-state index contributed by atoms with van der Waals surface area (Å²) in [6, 6.07) is 8.72. The maximum atomic E-state index is 3.67. The Bertz CT molecular complexity index is 387. The van der Waals surface area contributed by atoms with Crippen molar-refractivity contribution in [2.75, 3.05) is 18.6 Å². The molecule has 1 atom stereocenters. The summed E-state index contributed by atoms with van der Waals surface area (Å²) in [5.41, 5.74) is 1.64. The third-order valence-electron chi connectivity index (χ3n) is 3.30. The molecule has 0 radical (unpaired) electrons. The quantitative estimate of drug-likeness (QED) is 0.646. The SMILES string of the molecule is CSCCCC(CNC(C)(C)C)Cc1cccc(Br)c1. The molecule has 1 aromatic carbocycles. The monoisotopic (exact) mass is 357 g/mol. The number of thioether (sulfide) groups is 1. The maximum absolute atomic E-state index is 3.67. The van der Waals surface area contributed by atoms with Gasteiger partial charge in [0, 0.05) is 10.0 Å². The summed E-state index contributed by atoms with van der Waals surface area (Å²) in [5, 5.41) is 3.67. The van der Waals surface area contributed by atoms with Gasteiger partial charge in [-0.2, -0.15) is 11.8 Å². The molecule has 1 rings (SSSR count). The highest BCUT2D eigenvalue weighted by Gasteiger charge is 2.14. The van der Waals surface area contributed by atoms with Crippen molar-refractivity contribution in [1.29, 1.82) is 0 Å². The van der Waals surface area contributed by atoms with E-state index in [9.17, 15) is 0 Å². The molecule has 0 fully saturated rings. The molecule has 0 spiro atoms. The van der Waals surface area contributed by atoms with Crippen LogP contribution in [0.5, 0.6) is 0 Å². The average Bonchev–Trinajstić information content (AvgIpc) is 2.35. The molecule has 0 bridgehead atoms. The van der Waals surface area contributed by atoms with E-state index in [1.165, 1.54) is 28.6 Å². The summed E-state index contributed by atoms with van der Waals surface area (Å²) in [5.74, 6) is 1.99. The van der Waals surface area contributed by atoms with Gasteiger partial charge in [0.25, 0.3) is 0 Å². The molecule has 1 nitrogen and oxygen atoms in total. The number of hydrogen-bond acceptors (Lipinski definition) is 2. The number of nitrogens with one attached hydrogen (secondary N) is 1. The summed E-state index contributed by atoms with van der Waals surface area (Å²) in [6.45, 7) is 7.82. The number of halogens is 1. The van der Waals surface area contributed by atoms with Gasteiger partial charge in [-0.15, -0.1) is 0 Å². The molecular formula is C17H28BrNS. The van der Waals surface area contributed by atoms with Crippen LogP contribution in [0.2, 0.25) is 0 Å². The molecule has 0 aliphatic rings. The normalized spacial score (nSPS) is 13.4. The van der Waals surface area contributed by atoms with Crippen LogP contribution in [0.15, 0.2) is 28.7 Å². The highest BCUT2D eigenvalue weighted by atomic mass is 79.9. The van der Waals surface area contributed by atoms with Crippen molar-refractivity contribution in [3.8, 4) is 0 Å². The fourth-order valence-corrected chi connectivity index (χ4v) is 3.14. The van der Waals surface area contributed by atoms with Crippen LogP contribution in [0.4, 0.5) is 0 Å². The Morgan fingerprint density at radius 2 is 2.05 bits per heavy atom. The molecular weight excluding hydrogens is 330 g/mol. The van der Waals surface area contributed by atoms with Crippen molar-refractivity contribution in [1.82, 2.24) is 5.32 Å². The Balaban J connectivity index is 2.56. The van der Waals surface area contributed by atoms with Crippen LogP contribution in [0.3, 0.4) is 0 Å². The molecule has 20 heavy (non-hydrogen) atoms. The Kier molecular flexibility index (Phi) is 8.23. The Labute approximate surface area is 137 Å². The van der Waals surface area contributed by atoms with E-state index in [0.29, 0.717) is 0 Å². The van der Waals surface area contributed by atoms with E-state index in [1.807, 2.05) is 11.8 Å². The highest BCUT2D eigenvalue weighted by Crippen LogP contribution is 2.19. The van der Waals surface area contributed by atoms with Crippen LogP contribution in [-0.2, 0) is 6.42 Å². The number of hydrogen-bond donors (Lipinski definition) is 1. The van der Waals surface area contributed by atoms with E-state index in [0.717, 1.165) is 18.9 Å². The smallest absolute Gasteiger partial charge is 0.0177 e. The Hall–Kier alpha value is 0.01000. The van der Waals surface area contributed by atoms with Gasteiger partial charge in [-0.05, 0) is 82.2 Å². The standard InChI is InChI=1S/C17H28BrNS/c1-17(2,3)19-13-15(8-6-10-20-4)11-14-7-5-9-16(18)12-14/h5,7,9,12,15,19H,6,8,10-11,13H2,1-4H3. The van der Waals surface area contributed by atoms with E-state index in [4.69, 9.17) is 0 Å². The zero-order valence-electron chi connectivity index (χ0n) is 13.2. The van der Waals surface area contributed by atoms with Gasteiger partial charge in [-0.1, -0.05) is 28.1 Å². The van der Waals surface area contributed by atoms with Crippen LogP contribution in [0.1, 0.15) is 39.2 Å². The van der Waals surface area contributed by atoms with Crippen LogP contribution in [-0.4, -0.2) is 24.1 Å². The predicted octanol–water partition coefficient (Wildman–Crippen LogP) is 5.14.